The summed E-state index contributed by atoms with van der Waals surface area (Å²) in [5, 5.41) is 5.05. The van der Waals surface area contributed by atoms with Crippen molar-refractivity contribution in [1.29, 1.82) is 0 Å². The Morgan fingerprint density at radius 3 is 2.95 bits per heavy atom. The Labute approximate surface area is 128 Å². The van der Waals surface area contributed by atoms with Crippen LogP contribution < -0.4 is 5.32 Å². The van der Waals surface area contributed by atoms with Gasteiger partial charge in [-0.05, 0) is 29.8 Å². The molecule has 0 atom stereocenters. The number of benzene rings is 1. The van der Waals surface area contributed by atoms with E-state index in [4.69, 9.17) is 16.3 Å². The molecule has 1 aromatic carbocycles. The maximum absolute atomic E-state index is 6.09. The molecule has 0 saturated heterocycles. The van der Waals surface area contributed by atoms with E-state index in [1.807, 2.05) is 36.4 Å². The SMILES string of the molecule is COCCNCc1ccc(Cl)cc1Sc1ccccn1. The number of pyridine rings is 1. The molecule has 0 saturated carbocycles. The van der Waals surface area contributed by atoms with Gasteiger partial charge in [0.15, 0.2) is 0 Å². The van der Waals surface area contributed by atoms with Gasteiger partial charge in [-0.25, -0.2) is 4.98 Å². The quantitative estimate of drug-likeness (QED) is 0.792. The second-order valence-electron chi connectivity index (χ2n) is 4.19. The molecule has 5 heteroatoms. The predicted molar refractivity (Wildman–Crippen MR) is 83.4 cm³/mol. The van der Waals surface area contributed by atoms with Gasteiger partial charge in [0, 0.05) is 36.3 Å². The van der Waals surface area contributed by atoms with Gasteiger partial charge >= 0.3 is 0 Å². The molecule has 0 amide bonds. The summed E-state index contributed by atoms with van der Waals surface area (Å²) in [6.45, 7) is 2.32. The standard InChI is InChI=1S/C15H17ClN2OS/c1-19-9-8-17-11-12-5-6-13(16)10-14(12)20-15-4-2-3-7-18-15/h2-7,10,17H,8-9,11H2,1H3. The molecule has 3 nitrogen and oxygen atoms in total. The van der Waals surface area contributed by atoms with E-state index < -0.39 is 0 Å². The molecule has 0 aliphatic carbocycles. The van der Waals surface area contributed by atoms with Crippen molar-refractivity contribution < 1.29 is 4.74 Å². The van der Waals surface area contributed by atoms with Gasteiger partial charge in [-0.2, -0.15) is 0 Å². The first-order chi connectivity index (χ1) is 9.79. The summed E-state index contributed by atoms with van der Waals surface area (Å²) >= 11 is 7.72. The number of hydrogen-bond donors (Lipinski definition) is 1. The summed E-state index contributed by atoms with van der Waals surface area (Å²) in [6.07, 6.45) is 1.80. The molecule has 0 bridgehead atoms. The van der Waals surface area contributed by atoms with E-state index in [1.165, 1.54) is 5.56 Å². The summed E-state index contributed by atoms with van der Waals surface area (Å²) in [4.78, 5) is 5.46. The second kappa shape index (κ2) is 8.27. The fraction of sp³-hybridized carbons (Fsp3) is 0.267. The normalized spacial score (nSPS) is 10.7. The topological polar surface area (TPSA) is 34.1 Å². The molecule has 0 aliphatic rings. The average molecular weight is 309 g/mol. The van der Waals surface area contributed by atoms with Gasteiger partial charge in [-0.3, -0.25) is 0 Å². The first kappa shape index (κ1) is 15.3. The molecule has 1 N–H and O–H groups in total. The van der Waals surface area contributed by atoms with E-state index in [-0.39, 0.29) is 0 Å². The largest absolute Gasteiger partial charge is 0.383 e. The van der Waals surface area contributed by atoms with E-state index in [0.717, 1.165) is 28.0 Å². The third-order valence-electron chi connectivity index (χ3n) is 2.68. The van der Waals surface area contributed by atoms with E-state index in [0.29, 0.717) is 6.61 Å². The Hall–Kier alpha value is -1.07. The lowest BCUT2D eigenvalue weighted by atomic mass is 10.2. The van der Waals surface area contributed by atoms with Crippen LogP contribution in [0.5, 0.6) is 0 Å². The number of methoxy groups -OCH3 is 1. The molecule has 20 heavy (non-hydrogen) atoms. The third kappa shape index (κ3) is 4.80. The van der Waals surface area contributed by atoms with Crippen molar-refractivity contribution in [3.8, 4) is 0 Å². The van der Waals surface area contributed by atoms with Gasteiger partial charge in [0.05, 0.1) is 6.61 Å². The van der Waals surface area contributed by atoms with Crippen LogP contribution in [-0.4, -0.2) is 25.2 Å². The predicted octanol–water partition coefficient (Wildman–Crippen LogP) is 3.62. The van der Waals surface area contributed by atoms with Crippen molar-refractivity contribution in [3.63, 3.8) is 0 Å². The zero-order chi connectivity index (χ0) is 14.2. The van der Waals surface area contributed by atoms with E-state index in [9.17, 15) is 0 Å². The zero-order valence-electron chi connectivity index (χ0n) is 11.3. The second-order valence-corrected chi connectivity index (χ2v) is 5.69. The van der Waals surface area contributed by atoms with Gasteiger partial charge in [-0.15, -0.1) is 0 Å². The van der Waals surface area contributed by atoms with Crippen LogP contribution in [0.15, 0.2) is 52.5 Å². The highest BCUT2D eigenvalue weighted by atomic mass is 35.5. The Morgan fingerprint density at radius 2 is 2.20 bits per heavy atom. The lowest BCUT2D eigenvalue weighted by Crippen LogP contribution is -2.18. The molecular weight excluding hydrogens is 292 g/mol. The molecular formula is C15H17ClN2OS. The van der Waals surface area contributed by atoms with Crippen LogP contribution in [0.4, 0.5) is 0 Å². The smallest absolute Gasteiger partial charge is 0.101 e. The zero-order valence-corrected chi connectivity index (χ0v) is 12.9. The minimum Gasteiger partial charge on any atom is -0.383 e. The number of hydrogen-bond acceptors (Lipinski definition) is 4. The van der Waals surface area contributed by atoms with Crippen LogP contribution in [-0.2, 0) is 11.3 Å². The summed E-state index contributed by atoms with van der Waals surface area (Å²) in [7, 11) is 1.70. The summed E-state index contributed by atoms with van der Waals surface area (Å²) in [6, 6.07) is 11.8. The van der Waals surface area contributed by atoms with Gasteiger partial charge in [0.1, 0.15) is 5.03 Å². The third-order valence-corrected chi connectivity index (χ3v) is 3.97. The molecule has 0 fully saturated rings. The lowest BCUT2D eigenvalue weighted by molar-refractivity contribution is 0.199. The molecule has 0 unspecified atom stereocenters. The highest BCUT2D eigenvalue weighted by molar-refractivity contribution is 7.99. The maximum Gasteiger partial charge on any atom is 0.101 e. The first-order valence-electron chi connectivity index (χ1n) is 6.36. The number of nitrogens with zero attached hydrogens (tertiary/aromatic N) is 1. The molecule has 106 valence electrons. The van der Waals surface area contributed by atoms with Crippen molar-refractivity contribution in [3.05, 3.63) is 53.2 Å². The summed E-state index contributed by atoms with van der Waals surface area (Å²) < 4.78 is 5.03. The number of ether oxygens (including phenoxy) is 1. The lowest BCUT2D eigenvalue weighted by Gasteiger charge is -2.10. The number of rotatable bonds is 7. The minimum absolute atomic E-state index is 0.705. The van der Waals surface area contributed by atoms with Crippen LogP contribution >= 0.6 is 23.4 Å². The number of aromatic nitrogens is 1. The Morgan fingerprint density at radius 1 is 1.30 bits per heavy atom. The van der Waals surface area contributed by atoms with Crippen molar-refractivity contribution in [2.45, 2.75) is 16.5 Å². The van der Waals surface area contributed by atoms with Gasteiger partial charge in [0.2, 0.25) is 0 Å². The van der Waals surface area contributed by atoms with Crippen LogP contribution in [0.1, 0.15) is 5.56 Å². The molecule has 2 rings (SSSR count). The minimum atomic E-state index is 0.705. The fourth-order valence-corrected chi connectivity index (χ4v) is 2.87. The Kier molecular flexibility index (Phi) is 6.33. The molecule has 0 spiro atoms. The number of halogens is 1. The molecule has 0 aliphatic heterocycles. The highest BCUT2D eigenvalue weighted by Crippen LogP contribution is 2.31. The molecule has 1 heterocycles. The van der Waals surface area contributed by atoms with Gasteiger partial charge in [-0.1, -0.05) is 35.5 Å². The summed E-state index contributed by atoms with van der Waals surface area (Å²) in [5.74, 6) is 0. The summed E-state index contributed by atoms with van der Waals surface area (Å²) in [5.41, 5.74) is 1.21. The van der Waals surface area contributed by atoms with Crippen molar-refractivity contribution in [2.75, 3.05) is 20.3 Å². The molecule has 0 radical (unpaired) electrons. The Bertz CT molecular complexity index is 537. The maximum atomic E-state index is 6.09. The van der Waals surface area contributed by atoms with Crippen molar-refractivity contribution in [2.24, 2.45) is 0 Å². The van der Waals surface area contributed by atoms with Crippen LogP contribution in [0.3, 0.4) is 0 Å². The highest BCUT2D eigenvalue weighted by Gasteiger charge is 2.06. The van der Waals surface area contributed by atoms with E-state index in [1.54, 1.807) is 25.1 Å². The van der Waals surface area contributed by atoms with Crippen molar-refractivity contribution in [1.82, 2.24) is 10.3 Å². The van der Waals surface area contributed by atoms with Gasteiger partial charge < -0.3 is 10.1 Å². The number of nitrogens with one attached hydrogen (secondary N) is 1. The molecule has 2 aromatic rings. The first-order valence-corrected chi connectivity index (χ1v) is 7.56. The average Bonchev–Trinajstić information content (AvgIpc) is 2.47. The van der Waals surface area contributed by atoms with Crippen LogP contribution in [0.25, 0.3) is 0 Å². The fourth-order valence-electron chi connectivity index (χ4n) is 1.69. The Balaban J connectivity index is 2.07. The monoisotopic (exact) mass is 308 g/mol. The van der Waals surface area contributed by atoms with Crippen LogP contribution in [0, 0.1) is 0 Å². The van der Waals surface area contributed by atoms with Crippen molar-refractivity contribution >= 4 is 23.4 Å². The van der Waals surface area contributed by atoms with E-state index in [2.05, 4.69) is 10.3 Å². The van der Waals surface area contributed by atoms with Gasteiger partial charge in [0.25, 0.3) is 0 Å². The van der Waals surface area contributed by atoms with E-state index >= 15 is 0 Å². The molecule has 1 aromatic heterocycles. The van der Waals surface area contributed by atoms with Crippen LogP contribution in [0.2, 0.25) is 5.02 Å².